The molecule has 0 amide bonds. The highest BCUT2D eigenvalue weighted by Gasteiger charge is 2.38. The molecule has 1 aromatic carbocycles. The third-order valence-electron chi connectivity index (χ3n) is 3.44. The quantitative estimate of drug-likeness (QED) is 0.889. The van der Waals surface area contributed by atoms with Crippen LogP contribution in [0.4, 0.5) is 5.69 Å². The maximum absolute atomic E-state index is 9.56. The third-order valence-corrected chi connectivity index (χ3v) is 3.44. The van der Waals surface area contributed by atoms with Crippen LogP contribution in [-0.4, -0.2) is 29.4 Å². The van der Waals surface area contributed by atoms with Gasteiger partial charge in [0.05, 0.1) is 17.3 Å². The second-order valence-corrected chi connectivity index (χ2v) is 6.75. The number of ether oxygens (including phenoxy) is 1. The van der Waals surface area contributed by atoms with Crippen molar-refractivity contribution >= 4 is 5.69 Å². The van der Waals surface area contributed by atoms with E-state index in [0.717, 1.165) is 18.7 Å². The Hall–Kier alpha value is -1.06. The number of aliphatic hydroxyl groups excluding tert-OH is 1. The Balaban J connectivity index is 2.21. The lowest BCUT2D eigenvalue weighted by molar-refractivity contribution is -0.133. The van der Waals surface area contributed by atoms with Crippen LogP contribution in [0, 0.1) is 0 Å². The molecule has 3 heteroatoms. The molecule has 106 valence electrons. The minimum absolute atomic E-state index is 0.148. The molecule has 1 heterocycles. The number of hydrogen-bond donors (Lipinski definition) is 1. The Morgan fingerprint density at radius 1 is 1.05 bits per heavy atom. The monoisotopic (exact) mass is 263 g/mol. The number of aliphatic hydroxyl groups is 1. The van der Waals surface area contributed by atoms with Gasteiger partial charge in [0, 0.05) is 18.8 Å². The maximum atomic E-state index is 9.56. The lowest BCUT2D eigenvalue weighted by Gasteiger charge is -2.48. The first kappa shape index (κ1) is 14.4. The molecule has 1 aliphatic rings. The van der Waals surface area contributed by atoms with Gasteiger partial charge in [0.2, 0.25) is 0 Å². The number of benzene rings is 1. The van der Waals surface area contributed by atoms with Gasteiger partial charge in [0.25, 0.3) is 0 Å². The molecule has 1 aromatic rings. The zero-order chi connectivity index (χ0) is 14.3. The molecule has 0 aliphatic carbocycles. The number of nitrogens with zero attached hydrogens (tertiary/aromatic N) is 1. The summed E-state index contributed by atoms with van der Waals surface area (Å²) in [6.07, 6.45) is -0.411. The van der Waals surface area contributed by atoms with Crippen molar-refractivity contribution in [1.82, 2.24) is 0 Å². The van der Waals surface area contributed by atoms with E-state index in [0.29, 0.717) is 0 Å². The summed E-state index contributed by atoms with van der Waals surface area (Å²) < 4.78 is 6.09. The van der Waals surface area contributed by atoms with Crippen molar-refractivity contribution in [3.63, 3.8) is 0 Å². The highest BCUT2D eigenvalue weighted by molar-refractivity contribution is 5.49. The fourth-order valence-electron chi connectivity index (χ4n) is 2.93. The van der Waals surface area contributed by atoms with E-state index in [-0.39, 0.29) is 11.2 Å². The Labute approximate surface area is 116 Å². The zero-order valence-electron chi connectivity index (χ0n) is 12.6. The first-order valence-corrected chi connectivity index (χ1v) is 6.92. The van der Waals surface area contributed by atoms with E-state index in [1.807, 2.05) is 12.1 Å². The predicted molar refractivity (Wildman–Crippen MR) is 78.5 cm³/mol. The number of hydrogen-bond acceptors (Lipinski definition) is 3. The fourth-order valence-corrected chi connectivity index (χ4v) is 2.93. The predicted octanol–water partition coefficient (Wildman–Crippen LogP) is 3.13. The van der Waals surface area contributed by atoms with Crippen LogP contribution in [0.25, 0.3) is 0 Å². The number of anilines is 1. The van der Waals surface area contributed by atoms with E-state index in [9.17, 15) is 5.11 Å². The van der Waals surface area contributed by atoms with E-state index >= 15 is 0 Å². The van der Waals surface area contributed by atoms with Crippen molar-refractivity contribution in [2.75, 3.05) is 18.0 Å². The van der Waals surface area contributed by atoms with Gasteiger partial charge in [0.15, 0.2) is 0 Å². The molecule has 0 spiro atoms. The van der Waals surface area contributed by atoms with Crippen LogP contribution < -0.4 is 4.90 Å². The van der Waals surface area contributed by atoms with Crippen molar-refractivity contribution < 1.29 is 9.84 Å². The molecule has 0 saturated carbocycles. The zero-order valence-corrected chi connectivity index (χ0v) is 12.6. The van der Waals surface area contributed by atoms with Gasteiger partial charge in [-0.05, 0) is 52.3 Å². The summed E-state index contributed by atoms with van der Waals surface area (Å²) in [4.78, 5) is 2.36. The van der Waals surface area contributed by atoms with Gasteiger partial charge in [0.1, 0.15) is 0 Å². The van der Waals surface area contributed by atoms with E-state index in [1.165, 1.54) is 5.69 Å². The van der Waals surface area contributed by atoms with Crippen LogP contribution >= 0.6 is 0 Å². The first-order valence-electron chi connectivity index (χ1n) is 6.92. The van der Waals surface area contributed by atoms with Crippen LogP contribution in [0.5, 0.6) is 0 Å². The third kappa shape index (κ3) is 3.48. The summed E-state index contributed by atoms with van der Waals surface area (Å²) in [7, 11) is 0. The highest BCUT2D eigenvalue weighted by atomic mass is 16.5. The highest BCUT2D eigenvalue weighted by Crippen LogP contribution is 2.31. The molecule has 2 rings (SSSR count). The number of morpholine rings is 1. The molecule has 1 saturated heterocycles. The molecule has 1 unspecified atom stereocenters. The van der Waals surface area contributed by atoms with E-state index in [2.05, 4.69) is 44.7 Å². The molecule has 3 nitrogen and oxygen atoms in total. The molecule has 0 radical (unpaired) electrons. The summed E-state index contributed by atoms with van der Waals surface area (Å²) >= 11 is 0. The van der Waals surface area contributed by atoms with Gasteiger partial charge in [-0.25, -0.2) is 0 Å². The van der Waals surface area contributed by atoms with Gasteiger partial charge in [-0.1, -0.05) is 12.1 Å². The Morgan fingerprint density at radius 3 is 1.95 bits per heavy atom. The maximum Gasteiger partial charge on any atom is 0.0808 e. The van der Waals surface area contributed by atoms with Crippen LogP contribution in [0.15, 0.2) is 24.3 Å². The number of rotatable bonds is 2. The summed E-state index contributed by atoms with van der Waals surface area (Å²) in [5.74, 6) is 0. The van der Waals surface area contributed by atoms with Crippen LogP contribution in [-0.2, 0) is 4.74 Å². The molecule has 1 N–H and O–H groups in total. The van der Waals surface area contributed by atoms with Gasteiger partial charge >= 0.3 is 0 Å². The summed E-state index contributed by atoms with van der Waals surface area (Å²) in [5, 5.41) is 9.56. The van der Waals surface area contributed by atoms with Crippen LogP contribution in [0.3, 0.4) is 0 Å². The van der Waals surface area contributed by atoms with Gasteiger partial charge in [-0.2, -0.15) is 0 Å². The lowest BCUT2D eigenvalue weighted by atomic mass is 9.98. The molecular weight excluding hydrogens is 238 g/mol. The van der Waals surface area contributed by atoms with E-state index in [4.69, 9.17) is 4.74 Å². The molecule has 1 fully saturated rings. The SMILES string of the molecule is CC(O)c1ccc(N2CC(C)(C)OC(C)(C)C2)cc1. The Morgan fingerprint density at radius 2 is 1.53 bits per heavy atom. The van der Waals surface area contributed by atoms with Crippen molar-refractivity contribution in [3.05, 3.63) is 29.8 Å². The normalized spacial score (nSPS) is 23.2. The lowest BCUT2D eigenvalue weighted by Crippen LogP contribution is -2.57. The summed E-state index contributed by atoms with van der Waals surface area (Å²) in [5.41, 5.74) is 1.85. The average Bonchev–Trinajstić information content (AvgIpc) is 2.25. The largest absolute Gasteiger partial charge is 0.389 e. The molecular formula is C16H25NO2. The standard InChI is InChI=1S/C16H25NO2/c1-12(18)13-6-8-14(9-7-13)17-10-15(2,3)19-16(4,5)11-17/h6-9,12,18H,10-11H2,1-5H3. The molecule has 1 aliphatic heterocycles. The molecule has 19 heavy (non-hydrogen) atoms. The van der Waals surface area contributed by atoms with E-state index in [1.54, 1.807) is 6.92 Å². The van der Waals surface area contributed by atoms with E-state index < -0.39 is 6.10 Å². The molecule has 0 aromatic heterocycles. The fraction of sp³-hybridized carbons (Fsp3) is 0.625. The Bertz CT molecular complexity index is 419. The molecule has 0 bridgehead atoms. The minimum Gasteiger partial charge on any atom is -0.389 e. The average molecular weight is 263 g/mol. The van der Waals surface area contributed by atoms with Gasteiger partial charge in [-0.3, -0.25) is 0 Å². The topological polar surface area (TPSA) is 32.7 Å². The first-order chi connectivity index (χ1) is 8.69. The second kappa shape index (κ2) is 4.80. The van der Waals surface area contributed by atoms with Gasteiger partial charge < -0.3 is 14.7 Å². The van der Waals surface area contributed by atoms with Crippen molar-refractivity contribution in [3.8, 4) is 0 Å². The van der Waals surface area contributed by atoms with Crippen molar-refractivity contribution in [2.24, 2.45) is 0 Å². The Kier molecular flexibility index (Phi) is 3.63. The van der Waals surface area contributed by atoms with Crippen molar-refractivity contribution in [1.29, 1.82) is 0 Å². The summed E-state index contributed by atoms with van der Waals surface area (Å²) in [6.45, 7) is 12.1. The second-order valence-electron chi connectivity index (χ2n) is 6.75. The van der Waals surface area contributed by atoms with Crippen LogP contribution in [0.1, 0.15) is 46.3 Å². The van der Waals surface area contributed by atoms with Gasteiger partial charge in [-0.15, -0.1) is 0 Å². The van der Waals surface area contributed by atoms with Crippen molar-refractivity contribution in [2.45, 2.75) is 51.9 Å². The molecule has 1 atom stereocenters. The summed E-state index contributed by atoms with van der Waals surface area (Å²) in [6, 6.07) is 8.16. The smallest absolute Gasteiger partial charge is 0.0808 e. The minimum atomic E-state index is -0.411. The van der Waals surface area contributed by atoms with Crippen LogP contribution in [0.2, 0.25) is 0 Å².